The average molecular weight is 247 g/mol. The van der Waals surface area contributed by atoms with E-state index in [4.69, 9.17) is 10.6 Å². The molecule has 0 amide bonds. The first-order chi connectivity index (χ1) is 8.88. The van der Waals surface area contributed by atoms with Crippen LogP contribution in [0.1, 0.15) is 24.4 Å². The lowest BCUT2D eigenvalue weighted by molar-refractivity contribution is -0.0653. The molecule has 0 aromatic heterocycles. The van der Waals surface area contributed by atoms with Gasteiger partial charge < -0.3 is 4.74 Å². The Morgan fingerprint density at radius 1 is 1.33 bits per heavy atom. The molecule has 2 aliphatic rings. The van der Waals surface area contributed by atoms with Gasteiger partial charge in [0, 0.05) is 12.6 Å². The zero-order chi connectivity index (χ0) is 12.4. The molecule has 2 fully saturated rings. The molecule has 3 rings (SSSR count). The van der Waals surface area contributed by atoms with Crippen molar-refractivity contribution in [3.63, 3.8) is 0 Å². The summed E-state index contributed by atoms with van der Waals surface area (Å²) in [6.45, 7) is 3.03. The van der Waals surface area contributed by atoms with E-state index in [0.717, 1.165) is 13.2 Å². The van der Waals surface area contributed by atoms with Gasteiger partial charge in [0.2, 0.25) is 0 Å². The van der Waals surface area contributed by atoms with E-state index >= 15 is 0 Å². The lowest BCUT2D eigenvalue weighted by Gasteiger charge is -2.38. The third-order valence-electron chi connectivity index (χ3n) is 4.13. The molecule has 1 aromatic rings. The van der Waals surface area contributed by atoms with Gasteiger partial charge in [0.25, 0.3) is 0 Å². The van der Waals surface area contributed by atoms with Crippen LogP contribution >= 0.6 is 0 Å². The van der Waals surface area contributed by atoms with Gasteiger partial charge in [0.15, 0.2) is 0 Å². The van der Waals surface area contributed by atoms with E-state index in [1.807, 2.05) is 18.2 Å². The van der Waals surface area contributed by atoms with Crippen molar-refractivity contribution < 1.29 is 4.74 Å². The van der Waals surface area contributed by atoms with E-state index in [9.17, 15) is 0 Å². The maximum atomic E-state index is 6.02. The van der Waals surface area contributed by atoms with E-state index in [2.05, 4.69) is 22.5 Å². The molecule has 0 spiro atoms. The van der Waals surface area contributed by atoms with Crippen LogP contribution in [0.2, 0.25) is 0 Å². The molecule has 0 aliphatic carbocycles. The highest BCUT2D eigenvalue weighted by molar-refractivity contribution is 5.20. The topological polar surface area (TPSA) is 50.5 Å². The summed E-state index contributed by atoms with van der Waals surface area (Å²) in [6.07, 6.45) is 2.72. The molecule has 98 valence electrons. The summed E-state index contributed by atoms with van der Waals surface area (Å²) >= 11 is 0. The van der Waals surface area contributed by atoms with E-state index in [-0.39, 0.29) is 12.1 Å². The van der Waals surface area contributed by atoms with Gasteiger partial charge in [-0.1, -0.05) is 30.3 Å². The number of hydrogen-bond donors (Lipinski definition) is 2. The second-order valence-corrected chi connectivity index (χ2v) is 5.22. The lowest BCUT2D eigenvalue weighted by Crippen LogP contribution is -2.51. The Kier molecular flexibility index (Phi) is 3.61. The maximum absolute atomic E-state index is 6.02. The fourth-order valence-corrected chi connectivity index (χ4v) is 3.12. The summed E-state index contributed by atoms with van der Waals surface area (Å²) in [5, 5.41) is 0. The highest BCUT2D eigenvalue weighted by Gasteiger charge is 2.35. The molecule has 0 bridgehead atoms. The van der Waals surface area contributed by atoms with Crippen LogP contribution in [-0.2, 0) is 4.74 Å². The molecule has 18 heavy (non-hydrogen) atoms. The van der Waals surface area contributed by atoms with Crippen molar-refractivity contribution in [2.75, 3.05) is 19.7 Å². The van der Waals surface area contributed by atoms with E-state index in [0.29, 0.717) is 6.04 Å². The van der Waals surface area contributed by atoms with Crippen molar-refractivity contribution >= 4 is 0 Å². The summed E-state index contributed by atoms with van der Waals surface area (Å²) in [5.74, 6) is 5.72. The van der Waals surface area contributed by atoms with Crippen molar-refractivity contribution in [1.29, 1.82) is 0 Å². The van der Waals surface area contributed by atoms with Gasteiger partial charge in [-0.3, -0.25) is 16.2 Å². The highest BCUT2D eigenvalue weighted by Crippen LogP contribution is 2.28. The molecule has 3 atom stereocenters. The minimum absolute atomic E-state index is 0.0766. The molecule has 3 N–H and O–H groups in total. The van der Waals surface area contributed by atoms with Gasteiger partial charge in [0.1, 0.15) is 0 Å². The molecule has 2 saturated heterocycles. The van der Waals surface area contributed by atoms with Crippen molar-refractivity contribution in [3.05, 3.63) is 35.9 Å². The molecule has 0 radical (unpaired) electrons. The molecule has 3 unspecified atom stereocenters. The van der Waals surface area contributed by atoms with Crippen LogP contribution in [0.3, 0.4) is 0 Å². The van der Waals surface area contributed by atoms with Crippen LogP contribution in [-0.4, -0.2) is 36.7 Å². The number of nitrogens with zero attached hydrogens (tertiary/aromatic N) is 1. The number of benzene rings is 1. The number of hydrazine groups is 1. The van der Waals surface area contributed by atoms with Crippen LogP contribution in [0.5, 0.6) is 0 Å². The maximum Gasteiger partial charge on any atom is 0.0910 e. The standard InChI is InChI=1S/C14H21N3O/c15-16-14(11-5-2-1-3-6-11)13-9-17-8-4-7-12(17)10-18-13/h1-3,5-6,12-14,16H,4,7-10,15H2. The minimum atomic E-state index is 0.0766. The Bertz CT molecular complexity index is 384. The number of ether oxygens (including phenoxy) is 1. The van der Waals surface area contributed by atoms with Crippen LogP contribution in [0, 0.1) is 0 Å². The Balaban J connectivity index is 1.72. The third kappa shape index (κ3) is 2.29. The molecular formula is C14H21N3O. The first kappa shape index (κ1) is 12.1. The van der Waals surface area contributed by atoms with Gasteiger partial charge in [-0.2, -0.15) is 0 Å². The monoisotopic (exact) mass is 247 g/mol. The van der Waals surface area contributed by atoms with Gasteiger partial charge in [0.05, 0.1) is 18.8 Å². The number of rotatable bonds is 3. The van der Waals surface area contributed by atoms with Crippen LogP contribution < -0.4 is 11.3 Å². The Hall–Kier alpha value is -0.940. The second kappa shape index (κ2) is 5.36. The molecule has 2 aliphatic heterocycles. The predicted molar refractivity (Wildman–Crippen MR) is 70.8 cm³/mol. The Morgan fingerprint density at radius 2 is 2.17 bits per heavy atom. The van der Waals surface area contributed by atoms with Crippen LogP contribution in [0.15, 0.2) is 30.3 Å². The molecular weight excluding hydrogens is 226 g/mol. The summed E-state index contributed by atoms with van der Waals surface area (Å²) in [4.78, 5) is 2.54. The first-order valence-electron chi connectivity index (χ1n) is 6.75. The fourth-order valence-electron chi connectivity index (χ4n) is 3.12. The number of fused-ring (bicyclic) bond motifs is 1. The van der Waals surface area contributed by atoms with Crippen molar-refractivity contribution in [1.82, 2.24) is 10.3 Å². The number of hydrogen-bond acceptors (Lipinski definition) is 4. The van der Waals surface area contributed by atoms with Crippen LogP contribution in [0.4, 0.5) is 0 Å². The second-order valence-electron chi connectivity index (χ2n) is 5.22. The minimum Gasteiger partial charge on any atom is -0.373 e. The van der Waals surface area contributed by atoms with Crippen molar-refractivity contribution in [3.8, 4) is 0 Å². The van der Waals surface area contributed by atoms with E-state index < -0.39 is 0 Å². The molecule has 2 heterocycles. The smallest absolute Gasteiger partial charge is 0.0910 e. The van der Waals surface area contributed by atoms with Crippen LogP contribution in [0.25, 0.3) is 0 Å². The van der Waals surface area contributed by atoms with Gasteiger partial charge >= 0.3 is 0 Å². The first-order valence-corrected chi connectivity index (χ1v) is 6.75. The molecule has 0 saturated carbocycles. The molecule has 4 nitrogen and oxygen atoms in total. The summed E-state index contributed by atoms with van der Waals surface area (Å²) in [7, 11) is 0. The van der Waals surface area contributed by atoms with Crippen molar-refractivity contribution in [2.45, 2.75) is 31.0 Å². The average Bonchev–Trinajstić information content (AvgIpc) is 2.88. The third-order valence-corrected chi connectivity index (χ3v) is 4.13. The number of morpholine rings is 1. The predicted octanol–water partition coefficient (Wildman–Crippen LogP) is 1.05. The highest BCUT2D eigenvalue weighted by atomic mass is 16.5. The quantitative estimate of drug-likeness (QED) is 0.619. The normalized spacial score (nSPS) is 30.1. The van der Waals surface area contributed by atoms with Crippen molar-refractivity contribution in [2.24, 2.45) is 5.84 Å². The van der Waals surface area contributed by atoms with Gasteiger partial charge in [-0.15, -0.1) is 0 Å². The van der Waals surface area contributed by atoms with E-state index in [1.54, 1.807) is 0 Å². The largest absolute Gasteiger partial charge is 0.373 e. The fraction of sp³-hybridized carbons (Fsp3) is 0.571. The summed E-state index contributed by atoms with van der Waals surface area (Å²) < 4.78 is 6.02. The number of nitrogens with one attached hydrogen (secondary N) is 1. The lowest BCUT2D eigenvalue weighted by atomic mass is 10.00. The zero-order valence-electron chi connectivity index (χ0n) is 10.6. The van der Waals surface area contributed by atoms with E-state index in [1.165, 1.54) is 24.9 Å². The number of nitrogens with two attached hydrogens (primary N) is 1. The van der Waals surface area contributed by atoms with Gasteiger partial charge in [-0.25, -0.2) is 0 Å². The Morgan fingerprint density at radius 3 is 2.94 bits per heavy atom. The zero-order valence-corrected chi connectivity index (χ0v) is 10.6. The SMILES string of the molecule is NNC(c1ccccc1)C1CN2CCCC2CO1. The molecule has 1 aromatic carbocycles. The molecule has 4 heteroatoms. The summed E-state index contributed by atoms with van der Waals surface area (Å²) in [6, 6.07) is 11.0. The Labute approximate surface area is 108 Å². The summed E-state index contributed by atoms with van der Waals surface area (Å²) in [5.41, 5.74) is 4.11. The van der Waals surface area contributed by atoms with Gasteiger partial charge in [-0.05, 0) is 24.9 Å².